The van der Waals surface area contributed by atoms with E-state index >= 15 is 0 Å². The third-order valence-electron chi connectivity index (χ3n) is 2.06. The second-order valence-corrected chi connectivity index (χ2v) is 4.77. The second kappa shape index (κ2) is 7.58. The van der Waals surface area contributed by atoms with Crippen molar-refractivity contribution in [3.05, 3.63) is 34.9 Å². The molecule has 0 spiro atoms. The van der Waals surface area contributed by atoms with Crippen LogP contribution in [0.3, 0.4) is 0 Å². The van der Waals surface area contributed by atoms with Gasteiger partial charge < -0.3 is 4.74 Å². The van der Waals surface area contributed by atoms with Crippen LogP contribution in [0.1, 0.15) is 12.0 Å². The summed E-state index contributed by atoms with van der Waals surface area (Å²) in [6, 6.07) is 7.54. The van der Waals surface area contributed by atoms with Gasteiger partial charge in [0.2, 0.25) is 0 Å². The topological polar surface area (TPSA) is 26.3 Å². The first-order valence-corrected chi connectivity index (χ1v) is 6.88. The molecular formula is C12H15ClO2S. The molecule has 1 rings (SSSR count). The van der Waals surface area contributed by atoms with E-state index in [9.17, 15) is 4.79 Å². The lowest BCUT2D eigenvalue weighted by Crippen LogP contribution is -2.08. The van der Waals surface area contributed by atoms with Crippen molar-refractivity contribution in [1.82, 2.24) is 0 Å². The Morgan fingerprint density at radius 3 is 3.00 bits per heavy atom. The predicted octanol–water partition coefficient (Wildman–Crippen LogP) is 3.18. The molecule has 0 fully saturated rings. The number of thioether (sulfide) groups is 1. The lowest BCUT2D eigenvalue weighted by atomic mass is 10.1. The van der Waals surface area contributed by atoms with Crippen molar-refractivity contribution >= 4 is 29.3 Å². The zero-order chi connectivity index (χ0) is 11.8. The molecule has 0 aliphatic heterocycles. The minimum Gasteiger partial charge on any atom is -0.465 e. The van der Waals surface area contributed by atoms with Crippen molar-refractivity contribution in [1.29, 1.82) is 0 Å². The number of hydrogen-bond donors (Lipinski definition) is 0. The molecule has 0 atom stereocenters. The van der Waals surface area contributed by atoms with Crippen LogP contribution in [-0.2, 0) is 16.0 Å². The molecule has 1 aromatic rings. The largest absolute Gasteiger partial charge is 0.465 e. The molecule has 0 aliphatic carbocycles. The summed E-state index contributed by atoms with van der Waals surface area (Å²) in [6.07, 6.45) is 3.08. The Hall–Kier alpha value is -0.670. The molecule has 0 saturated heterocycles. The summed E-state index contributed by atoms with van der Waals surface area (Å²) in [5.41, 5.74) is 1.06. The van der Waals surface area contributed by atoms with Crippen LogP contribution in [0, 0.1) is 0 Å². The second-order valence-electron chi connectivity index (χ2n) is 3.34. The third kappa shape index (κ3) is 5.42. The van der Waals surface area contributed by atoms with E-state index in [-0.39, 0.29) is 5.97 Å². The molecule has 0 N–H and O–H groups in total. The van der Waals surface area contributed by atoms with Crippen LogP contribution in [0.4, 0.5) is 0 Å². The van der Waals surface area contributed by atoms with Crippen LogP contribution in [0.25, 0.3) is 0 Å². The first-order chi connectivity index (χ1) is 7.72. The number of ether oxygens (including phenoxy) is 1. The summed E-state index contributed by atoms with van der Waals surface area (Å²) in [6.45, 7) is 0.496. The van der Waals surface area contributed by atoms with Gasteiger partial charge in [-0.2, -0.15) is 11.8 Å². The van der Waals surface area contributed by atoms with Crippen molar-refractivity contribution in [2.24, 2.45) is 0 Å². The van der Waals surface area contributed by atoms with Crippen molar-refractivity contribution in [2.75, 3.05) is 18.6 Å². The normalized spacial score (nSPS) is 10.1. The third-order valence-corrected chi connectivity index (χ3v) is 2.87. The zero-order valence-corrected chi connectivity index (χ0v) is 10.8. The molecule has 16 heavy (non-hydrogen) atoms. The Kier molecular flexibility index (Phi) is 6.34. The summed E-state index contributed by atoms with van der Waals surface area (Å²) in [5.74, 6) is 0.706. The minimum absolute atomic E-state index is 0.144. The van der Waals surface area contributed by atoms with E-state index in [1.165, 1.54) is 0 Å². The SMILES string of the molecule is CSCCOC(=O)CCc1cccc(Cl)c1. The monoisotopic (exact) mass is 258 g/mol. The van der Waals surface area contributed by atoms with Gasteiger partial charge in [0.05, 0.1) is 0 Å². The van der Waals surface area contributed by atoms with Gasteiger partial charge in [-0.15, -0.1) is 0 Å². The number of carbonyl (C=O) groups excluding carboxylic acids is 1. The Bertz CT molecular complexity index is 342. The molecule has 4 heteroatoms. The van der Waals surface area contributed by atoms with Gasteiger partial charge in [-0.25, -0.2) is 0 Å². The summed E-state index contributed by atoms with van der Waals surface area (Å²) >= 11 is 7.51. The highest BCUT2D eigenvalue weighted by atomic mass is 35.5. The van der Waals surface area contributed by atoms with Gasteiger partial charge in [0.1, 0.15) is 6.61 Å². The van der Waals surface area contributed by atoms with E-state index in [2.05, 4.69) is 0 Å². The molecule has 2 nitrogen and oxygen atoms in total. The number of rotatable bonds is 6. The standard InChI is InChI=1S/C12H15ClO2S/c1-16-8-7-15-12(14)6-5-10-3-2-4-11(13)9-10/h2-4,9H,5-8H2,1H3. The molecule has 0 bridgehead atoms. The Labute approximate surface area is 105 Å². The molecule has 88 valence electrons. The fourth-order valence-electron chi connectivity index (χ4n) is 1.25. The smallest absolute Gasteiger partial charge is 0.306 e. The number of aryl methyl sites for hydroxylation is 1. The van der Waals surface area contributed by atoms with Crippen LogP contribution >= 0.6 is 23.4 Å². The first kappa shape index (κ1) is 13.4. The molecule has 0 unspecified atom stereocenters. The highest BCUT2D eigenvalue weighted by Crippen LogP contribution is 2.12. The summed E-state index contributed by atoms with van der Waals surface area (Å²) < 4.78 is 5.04. The lowest BCUT2D eigenvalue weighted by molar-refractivity contribution is -0.142. The quantitative estimate of drug-likeness (QED) is 0.579. The Balaban J connectivity index is 2.26. The van der Waals surface area contributed by atoms with Gasteiger partial charge in [0, 0.05) is 17.2 Å². The van der Waals surface area contributed by atoms with Crippen molar-refractivity contribution in [3.8, 4) is 0 Å². The Morgan fingerprint density at radius 1 is 1.50 bits per heavy atom. The summed E-state index contributed by atoms with van der Waals surface area (Å²) in [4.78, 5) is 11.3. The first-order valence-electron chi connectivity index (χ1n) is 5.11. The summed E-state index contributed by atoms with van der Waals surface area (Å²) in [5, 5.41) is 0.702. The molecule has 1 aromatic carbocycles. The van der Waals surface area contributed by atoms with Gasteiger partial charge in [0.15, 0.2) is 0 Å². The van der Waals surface area contributed by atoms with Crippen LogP contribution in [-0.4, -0.2) is 24.6 Å². The van der Waals surface area contributed by atoms with Gasteiger partial charge >= 0.3 is 5.97 Å². The number of carbonyl (C=O) groups is 1. The van der Waals surface area contributed by atoms with Crippen LogP contribution in [0.2, 0.25) is 5.02 Å². The van der Waals surface area contributed by atoms with E-state index in [0.29, 0.717) is 24.5 Å². The summed E-state index contributed by atoms with van der Waals surface area (Å²) in [7, 11) is 0. The highest BCUT2D eigenvalue weighted by Gasteiger charge is 2.03. The van der Waals surface area contributed by atoms with Gasteiger partial charge in [-0.1, -0.05) is 23.7 Å². The van der Waals surface area contributed by atoms with Gasteiger partial charge in [0.25, 0.3) is 0 Å². The van der Waals surface area contributed by atoms with E-state index in [1.807, 2.05) is 30.5 Å². The average molecular weight is 259 g/mol. The van der Waals surface area contributed by atoms with Crippen LogP contribution in [0.15, 0.2) is 24.3 Å². The van der Waals surface area contributed by atoms with Crippen LogP contribution in [0.5, 0.6) is 0 Å². The van der Waals surface area contributed by atoms with E-state index in [0.717, 1.165) is 11.3 Å². The number of benzene rings is 1. The van der Waals surface area contributed by atoms with E-state index < -0.39 is 0 Å². The number of halogens is 1. The molecule has 0 saturated carbocycles. The highest BCUT2D eigenvalue weighted by molar-refractivity contribution is 7.98. The lowest BCUT2D eigenvalue weighted by Gasteiger charge is -2.04. The fraction of sp³-hybridized carbons (Fsp3) is 0.417. The minimum atomic E-state index is -0.144. The van der Waals surface area contributed by atoms with Crippen molar-refractivity contribution in [3.63, 3.8) is 0 Å². The predicted molar refractivity (Wildman–Crippen MR) is 69.1 cm³/mol. The van der Waals surface area contributed by atoms with Gasteiger partial charge in [-0.3, -0.25) is 4.79 Å². The van der Waals surface area contributed by atoms with E-state index in [4.69, 9.17) is 16.3 Å². The zero-order valence-electron chi connectivity index (χ0n) is 9.24. The van der Waals surface area contributed by atoms with Crippen molar-refractivity contribution < 1.29 is 9.53 Å². The fourth-order valence-corrected chi connectivity index (χ4v) is 1.71. The molecule has 0 amide bonds. The molecular weight excluding hydrogens is 244 g/mol. The Morgan fingerprint density at radius 2 is 2.31 bits per heavy atom. The molecule has 0 aromatic heterocycles. The molecule has 0 aliphatic rings. The van der Waals surface area contributed by atoms with Crippen molar-refractivity contribution in [2.45, 2.75) is 12.8 Å². The van der Waals surface area contributed by atoms with E-state index in [1.54, 1.807) is 11.8 Å². The number of esters is 1. The maximum atomic E-state index is 11.3. The molecule has 0 heterocycles. The maximum Gasteiger partial charge on any atom is 0.306 e. The number of hydrogen-bond acceptors (Lipinski definition) is 3. The van der Waals surface area contributed by atoms with Gasteiger partial charge in [-0.05, 0) is 30.4 Å². The average Bonchev–Trinajstić information content (AvgIpc) is 2.27. The molecule has 0 radical (unpaired) electrons. The van der Waals surface area contributed by atoms with Crippen LogP contribution < -0.4 is 0 Å². The maximum absolute atomic E-state index is 11.3.